The number of nitrogen functional groups attached to an aromatic ring is 1. The van der Waals surface area contributed by atoms with Gasteiger partial charge in [0.05, 0.1) is 19.0 Å². The van der Waals surface area contributed by atoms with Crippen molar-refractivity contribution in [2.75, 3.05) is 12.3 Å². The highest BCUT2D eigenvalue weighted by molar-refractivity contribution is 5.88. The lowest BCUT2D eigenvalue weighted by atomic mass is 10.00. The molecule has 3 rings (SSSR count). The number of carbonyl (C=O) groups is 1. The molecule has 1 fully saturated rings. The first kappa shape index (κ1) is 14.8. The average Bonchev–Trinajstić information content (AvgIpc) is 3.09. The molecule has 1 aliphatic rings. The van der Waals surface area contributed by atoms with Crippen molar-refractivity contribution in [2.45, 2.75) is 37.7 Å². The molecule has 22 heavy (non-hydrogen) atoms. The van der Waals surface area contributed by atoms with Crippen LogP contribution in [0.3, 0.4) is 0 Å². The van der Waals surface area contributed by atoms with Gasteiger partial charge in [0.15, 0.2) is 17.2 Å². The molecule has 1 saturated heterocycles. The molecule has 2 aromatic rings. The minimum absolute atomic E-state index is 0.0142. The number of fused-ring (bicyclic) bond motifs is 1. The zero-order valence-electron chi connectivity index (χ0n) is 12.0. The lowest BCUT2D eigenvalue weighted by molar-refractivity contribution is -0.160. The number of ether oxygens (including phenoxy) is 1. The number of ketones is 1. The van der Waals surface area contributed by atoms with Gasteiger partial charge in [-0.15, -0.1) is 0 Å². The van der Waals surface area contributed by atoms with Crippen LogP contribution >= 0.6 is 0 Å². The van der Waals surface area contributed by atoms with Crippen molar-refractivity contribution in [3.8, 4) is 0 Å². The van der Waals surface area contributed by atoms with E-state index in [1.807, 2.05) is 0 Å². The quantitative estimate of drug-likeness (QED) is 0.666. The van der Waals surface area contributed by atoms with Crippen LogP contribution in [0.1, 0.15) is 19.8 Å². The Morgan fingerprint density at radius 3 is 2.95 bits per heavy atom. The number of anilines is 1. The van der Waals surface area contributed by atoms with Crippen LogP contribution in [0.5, 0.6) is 0 Å². The maximum atomic E-state index is 12.5. The Balaban J connectivity index is 2.18. The minimum atomic E-state index is -1.45. The van der Waals surface area contributed by atoms with Crippen LogP contribution in [0.25, 0.3) is 11.2 Å². The minimum Gasteiger partial charge on any atom is -0.394 e. The lowest BCUT2D eigenvalue weighted by Crippen LogP contribution is -2.42. The number of rotatable bonds is 4. The molecular formula is C13H17N5O4. The number of carbonyl (C=O) groups excluding carboxylic acids is 1. The van der Waals surface area contributed by atoms with Gasteiger partial charge in [0.2, 0.25) is 5.72 Å². The fraction of sp³-hybridized carbons (Fsp3) is 0.538. The summed E-state index contributed by atoms with van der Waals surface area (Å²) in [6.45, 7) is 1.32. The third-order valence-electron chi connectivity index (χ3n) is 3.95. The second-order valence-electron chi connectivity index (χ2n) is 5.22. The van der Waals surface area contributed by atoms with Crippen LogP contribution in [-0.4, -0.2) is 54.3 Å². The van der Waals surface area contributed by atoms with Gasteiger partial charge in [0.25, 0.3) is 0 Å². The van der Waals surface area contributed by atoms with E-state index >= 15 is 0 Å². The molecule has 0 saturated carbocycles. The molecule has 2 aromatic heterocycles. The number of imidazole rings is 1. The normalized spacial score (nSPS) is 28.3. The van der Waals surface area contributed by atoms with Gasteiger partial charge < -0.3 is 20.7 Å². The fourth-order valence-electron chi connectivity index (χ4n) is 2.81. The van der Waals surface area contributed by atoms with Crippen LogP contribution in [0.4, 0.5) is 5.82 Å². The zero-order chi connectivity index (χ0) is 15.9. The van der Waals surface area contributed by atoms with E-state index in [0.717, 1.165) is 0 Å². The molecule has 9 nitrogen and oxygen atoms in total. The van der Waals surface area contributed by atoms with E-state index in [9.17, 15) is 15.0 Å². The van der Waals surface area contributed by atoms with Gasteiger partial charge in [-0.05, 0) is 0 Å². The van der Waals surface area contributed by atoms with E-state index in [-0.39, 0.29) is 31.0 Å². The van der Waals surface area contributed by atoms with Gasteiger partial charge in [-0.25, -0.2) is 15.0 Å². The summed E-state index contributed by atoms with van der Waals surface area (Å²) < 4.78 is 7.19. The van der Waals surface area contributed by atoms with Gasteiger partial charge in [0, 0.05) is 12.8 Å². The standard InChI is InChI=1S/C13H17N5O4/c1-2-9(21)13(3-7(20)8(4-19)22-13)18-6-17-10-11(14)15-5-16-12(10)18/h5-8,19-20H,2-4H2,1H3,(H2,14,15,16)/t7-,8+,13-/m0/s1. The number of aliphatic hydroxyl groups is 2. The highest BCUT2D eigenvalue weighted by atomic mass is 16.6. The molecule has 0 radical (unpaired) electrons. The number of hydrogen-bond acceptors (Lipinski definition) is 8. The Morgan fingerprint density at radius 2 is 2.32 bits per heavy atom. The van der Waals surface area contributed by atoms with E-state index in [4.69, 9.17) is 10.5 Å². The Hall–Kier alpha value is -2.10. The van der Waals surface area contributed by atoms with Crippen molar-refractivity contribution >= 4 is 22.8 Å². The van der Waals surface area contributed by atoms with Gasteiger partial charge in [-0.2, -0.15) is 0 Å². The van der Waals surface area contributed by atoms with Gasteiger partial charge in [-0.1, -0.05) is 6.92 Å². The summed E-state index contributed by atoms with van der Waals surface area (Å²) in [4.78, 5) is 24.6. The van der Waals surface area contributed by atoms with Crippen molar-refractivity contribution in [3.05, 3.63) is 12.7 Å². The number of nitrogens with two attached hydrogens (primary N) is 1. The molecule has 3 atom stereocenters. The van der Waals surface area contributed by atoms with Crippen LogP contribution in [-0.2, 0) is 15.3 Å². The highest BCUT2D eigenvalue weighted by Crippen LogP contribution is 2.38. The van der Waals surface area contributed by atoms with E-state index in [0.29, 0.717) is 11.2 Å². The molecule has 9 heteroatoms. The molecule has 118 valence electrons. The topological polar surface area (TPSA) is 136 Å². The molecular weight excluding hydrogens is 290 g/mol. The Bertz CT molecular complexity index is 718. The number of aliphatic hydroxyl groups excluding tert-OH is 2. The first-order chi connectivity index (χ1) is 10.5. The van der Waals surface area contributed by atoms with Crippen molar-refractivity contribution < 1.29 is 19.7 Å². The van der Waals surface area contributed by atoms with Crippen LogP contribution in [0, 0.1) is 0 Å². The van der Waals surface area contributed by atoms with Crippen molar-refractivity contribution in [1.29, 1.82) is 0 Å². The Labute approximate surface area is 125 Å². The van der Waals surface area contributed by atoms with Gasteiger partial charge >= 0.3 is 0 Å². The Morgan fingerprint density at radius 1 is 1.55 bits per heavy atom. The first-order valence-corrected chi connectivity index (χ1v) is 6.97. The monoisotopic (exact) mass is 307 g/mol. The summed E-state index contributed by atoms with van der Waals surface area (Å²) in [6.07, 6.45) is 1.08. The van der Waals surface area contributed by atoms with Crippen molar-refractivity contribution in [2.24, 2.45) is 0 Å². The van der Waals surface area contributed by atoms with Crippen LogP contribution in [0.15, 0.2) is 12.7 Å². The van der Waals surface area contributed by atoms with Gasteiger partial charge in [-0.3, -0.25) is 9.36 Å². The summed E-state index contributed by atoms with van der Waals surface area (Å²) in [5.41, 5.74) is 5.02. The molecule has 0 unspecified atom stereocenters. The summed E-state index contributed by atoms with van der Waals surface area (Å²) in [7, 11) is 0. The SMILES string of the molecule is CCC(=O)[C@]1(n2cnc3c(N)ncnc32)C[C@H](O)[C@@H](CO)O1. The molecule has 0 aliphatic carbocycles. The smallest absolute Gasteiger partial charge is 0.209 e. The summed E-state index contributed by atoms with van der Waals surface area (Å²) in [6, 6.07) is 0. The van der Waals surface area contributed by atoms with E-state index < -0.39 is 17.9 Å². The molecule has 0 aromatic carbocycles. The second kappa shape index (κ2) is 5.27. The van der Waals surface area contributed by atoms with Gasteiger partial charge in [0.1, 0.15) is 17.9 Å². The van der Waals surface area contributed by atoms with Crippen molar-refractivity contribution in [3.63, 3.8) is 0 Å². The summed E-state index contributed by atoms with van der Waals surface area (Å²) >= 11 is 0. The lowest BCUT2D eigenvalue weighted by Gasteiger charge is -2.28. The maximum absolute atomic E-state index is 12.5. The predicted molar refractivity (Wildman–Crippen MR) is 75.6 cm³/mol. The summed E-state index contributed by atoms with van der Waals surface area (Å²) in [5, 5.41) is 19.4. The third-order valence-corrected chi connectivity index (χ3v) is 3.95. The van der Waals surface area contributed by atoms with E-state index in [1.165, 1.54) is 17.2 Å². The highest BCUT2D eigenvalue weighted by Gasteiger charge is 2.52. The molecule has 0 amide bonds. The molecule has 3 heterocycles. The van der Waals surface area contributed by atoms with Crippen LogP contribution in [0.2, 0.25) is 0 Å². The molecule has 0 spiro atoms. The number of aromatic nitrogens is 4. The molecule has 0 bridgehead atoms. The average molecular weight is 307 g/mol. The van der Waals surface area contributed by atoms with E-state index in [2.05, 4.69) is 15.0 Å². The molecule has 4 N–H and O–H groups in total. The fourth-order valence-corrected chi connectivity index (χ4v) is 2.81. The van der Waals surface area contributed by atoms with E-state index in [1.54, 1.807) is 6.92 Å². The third kappa shape index (κ3) is 1.97. The maximum Gasteiger partial charge on any atom is 0.209 e. The van der Waals surface area contributed by atoms with Crippen LogP contribution < -0.4 is 5.73 Å². The largest absolute Gasteiger partial charge is 0.394 e. The second-order valence-corrected chi connectivity index (χ2v) is 5.22. The number of nitrogens with zero attached hydrogens (tertiary/aromatic N) is 4. The molecule has 1 aliphatic heterocycles. The van der Waals surface area contributed by atoms with Crippen molar-refractivity contribution in [1.82, 2.24) is 19.5 Å². The predicted octanol–water partition coefficient (Wildman–Crippen LogP) is -0.818. The number of Topliss-reactive ketones (excluding diaryl/α,β-unsaturated/α-hetero) is 1. The zero-order valence-corrected chi connectivity index (χ0v) is 12.0. The summed E-state index contributed by atoms with van der Waals surface area (Å²) in [5.74, 6) is -0.0425. The first-order valence-electron chi connectivity index (χ1n) is 6.97. The number of hydrogen-bond donors (Lipinski definition) is 3. The Kier molecular flexibility index (Phi) is 3.55.